The maximum absolute atomic E-state index is 5.79. The highest BCUT2D eigenvalue weighted by Crippen LogP contribution is 2.29. The number of halogens is 2. The van der Waals surface area contributed by atoms with Crippen LogP contribution < -0.4 is 10.5 Å². The lowest BCUT2D eigenvalue weighted by Crippen LogP contribution is -2.13. The van der Waals surface area contributed by atoms with E-state index in [2.05, 4.69) is 31.9 Å². The Balaban J connectivity index is 2.17. The molecule has 0 heterocycles. The molecule has 0 aliphatic rings. The zero-order valence-corrected chi connectivity index (χ0v) is 13.9. The molecule has 0 atom stereocenters. The average molecular weight is 401 g/mol. The molecule has 0 amide bonds. The molecule has 0 bridgehead atoms. The van der Waals surface area contributed by atoms with Crippen LogP contribution >= 0.6 is 44.1 Å². The molecule has 5 heteroatoms. The molecule has 0 saturated heterocycles. The number of nitrogens with two attached hydrogens (primary N) is 1. The van der Waals surface area contributed by atoms with Gasteiger partial charge in [-0.2, -0.15) is 0 Å². The summed E-state index contributed by atoms with van der Waals surface area (Å²) in [4.78, 5) is 0.383. The Bertz CT molecular complexity index is 616. The fourth-order valence-electron chi connectivity index (χ4n) is 1.63. The molecule has 2 rings (SSSR count). The normalized spacial score (nSPS) is 10.2. The van der Waals surface area contributed by atoms with Crippen molar-refractivity contribution in [1.82, 2.24) is 0 Å². The maximum atomic E-state index is 5.79. The lowest BCUT2D eigenvalue weighted by molar-refractivity contribution is 0.304. The number of rotatable bonds is 4. The van der Waals surface area contributed by atoms with Crippen LogP contribution in [-0.2, 0) is 6.61 Å². The lowest BCUT2D eigenvalue weighted by atomic mass is 10.1. The van der Waals surface area contributed by atoms with Gasteiger partial charge in [-0.15, -0.1) is 0 Å². The summed E-state index contributed by atoms with van der Waals surface area (Å²) < 4.78 is 7.68. The van der Waals surface area contributed by atoms with Gasteiger partial charge in [-0.25, -0.2) is 0 Å². The molecule has 2 N–H and O–H groups in total. The predicted molar refractivity (Wildman–Crippen MR) is 88.5 cm³/mol. The third-order valence-corrected chi connectivity index (χ3v) is 3.89. The molecule has 2 aromatic carbocycles. The summed E-state index contributed by atoms with van der Waals surface area (Å²) in [6.07, 6.45) is 0. The summed E-state index contributed by atoms with van der Waals surface area (Å²) in [6.45, 7) is 0.424. The van der Waals surface area contributed by atoms with Gasteiger partial charge in [-0.05, 0) is 39.7 Å². The van der Waals surface area contributed by atoms with Crippen LogP contribution in [0.2, 0.25) is 0 Å². The Hall–Kier alpha value is -0.910. The van der Waals surface area contributed by atoms with Crippen molar-refractivity contribution in [3.05, 3.63) is 62.5 Å². The summed E-state index contributed by atoms with van der Waals surface area (Å²) in [5, 5.41) is 0. The Labute approximate surface area is 134 Å². The minimum Gasteiger partial charge on any atom is -0.488 e. The first-order valence-corrected chi connectivity index (χ1v) is 7.53. The van der Waals surface area contributed by atoms with Crippen molar-refractivity contribution in [2.45, 2.75) is 6.61 Å². The molecule has 2 aromatic rings. The van der Waals surface area contributed by atoms with Crippen LogP contribution in [0.15, 0.2) is 51.4 Å². The maximum Gasteiger partial charge on any atom is 0.134 e. The standard InChI is InChI=1S/C14H11Br2NOS/c15-10-5-6-13(12(16)7-10)18-8-9-3-1-2-4-11(9)14(17)19/h1-7H,8H2,(H2,17,19). The molecule has 19 heavy (non-hydrogen) atoms. The van der Waals surface area contributed by atoms with E-state index in [-0.39, 0.29) is 0 Å². The van der Waals surface area contributed by atoms with E-state index in [0.29, 0.717) is 11.6 Å². The van der Waals surface area contributed by atoms with Gasteiger partial charge < -0.3 is 10.5 Å². The predicted octanol–water partition coefficient (Wildman–Crippen LogP) is 4.42. The molecule has 2 nitrogen and oxygen atoms in total. The van der Waals surface area contributed by atoms with Gasteiger partial charge >= 0.3 is 0 Å². The second-order valence-electron chi connectivity index (χ2n) is 3.88. The second kappa shape index (κ2) is 6.50. The van der Waals surface area contributed by atoms with E-state index in [9.17, 15) is 0 Å². The van der Waals surface area contributed by atoms with E-state index in [4.69, 9.17) is 22.7 Å². The molecule has 0 spiro atoms. The summed E-state index contributed by atoms with van der Waals surface area (Å²) in [6, 6.07) is 13.5. The minimum atomic E-state index is 0.383. The molecule has 98 valence electrons. The monoisotopic (exact) mass is 399 g/mol. The van der Waals surface area contributed by atoms with Crippen molar-refractivity contribution in [3.8, 4) is 5.75 Å². The lowest BCUT2D eigenvalue weighted by Gasteiger charge is -2.11. The van der Waals surface area contributed by atoms with Gasteiger partial charge in [0.15, 0.2) is 0 Å². The highest BCUT2D eigenvalue weighted by molar-refractivity contribution is 9.11. The first-order chi connectivity index (χ1) is 9.08. The Kier molecular flexibility index (Phi) is 4.96. The van der Waals surface area contributed by atoms with Gasteiger partial charge in [0.2, 0.25) is 0 Å². The fraction of sp³-hybridized carbons (Fsp3) is 0.0714. The smallest absolute Gasteiger partial charge is 0.134 e. The van der Waals surface area contributed by atoms with Crippen molar-refractivity contribution >= 4 is 49.1 Å². The number of ether oxygens (including phenoxy) is 1. The molecule has 0 unspecified atom stereocenters. The van der Waals surface area contributed by atoms with Crippen molar-refractivity contribution in [3.63, 3.8) is 0 Å². The Morgan fingerprint density at radius 3 is 2.58 bits per heavy atom. The highest BCUT2D eigenvalue weighted by Gasteiger charge is 2.07. The largest absolute Gasteiger partial charge is 0.488 e. The third kappa shape index (κ3) is 3.78. The van der Waals surface area contributed by atoms with E-state index in [1.165, 1.54) is 0 Å². The van der Waals surface area contributed by atoms with Crippen molar-refractivity contribution in [2.24, 2.45) is 5.73 Å². The highest BCUT2D eigenvalue weighted by atomic mass is 79.9. The quantitative estimate of drug-likeness (QED) is 0.771. The number of benzene rings is 2. The number of hydrogen-bond donors (Lipinski definition) is 1. The van der Waals surface area contributed by atoms with Crippen molar-refractivity contribution in [2.75, 3.05) is 0 Å². The first kappa shape index (κ1) is 14.5. The molecular weight excluding hydrogens is 390 g/mol. The van der Waals surface area contributed by atoms with E-state index < -0.39 is 0 Å². The number of thiocarbonyl (C=S) groups is 1. The zero-order chi connectivity index (χ0) is 13.8. The average Bonchev–Trinajstić information content (AvgIpc) is 2.38. The molecule has 0 aliphatic heterocycles. The summed E-state index contributed by atoms with van der Waals surface area (Å²) >= 11 is 11.9. The molecule has 0 aromatic heterocycles. The van der Waals surface area contributed by atoms with E-state index in [0.717, 1.165) is 25.8 Å². The minimum absolute atomic E-state index is 0.383. The van der Waals surface area contributed by atoms with Gasteiger partial charge in [0.05, 0.1) is 4.47 Å². The molecule has 0 aliphatic carbocycles. The van der Waals surface area contributed by atoms with Crippen LogP contribution in [-0.4, -0.2) is 4.99 Å². The molecule has 0 radical (unpaired) electrons. The summed E-state index contributed by atoms with van der Waals surface area (Å²) in [5.74, 6) is 0.779. The van der Waals surface area contributed by atoms with E-state index >= 15 is 0 Å². The van der Waals surface area contributed by atoms with Crippen molar-refractivity contribution in [1.29, 1.82) is 0 Å². The van der Waals surface area contributed by atoms with Crippen molar-refractivity contribution < 1.29 is 4.74 Å². The van der Waals surface area contributed by atoms with Gasteiger partial charge in [-0.3, -0.25) is 0 Å². The summed E-state index contributed by atoms with van der Waals surface area (Å²) in [7, 11) is 0. The van der Waals surface area contributed by atoms with Crippen LogP contribution in [0.25, 0.3) is 0 Å². The first-order valence-electron chi connectivity index (χ1n) is 5.53. The van der Waals surface area contributed by atoms with Gasteiger partial charge in [0.1, 0.15) is 17.3 Å². The van der Waals surface area contributed by atoms with Crippen LogP contribution in [0.1, 0.15) is 11.1 Å². The Morgan fingerprint density at radius 1 is 1.16 bits per heavy atom. The van der Waals surface area contributed by atoms with Gasteiger partial charge in [-0.1, -0.05) is 52.4 Å². The second-order valence-corrected chi connectivity index (χ2v) is 6.09. The van der Waals surface area contributed by atoms with Crippen LogP contribution in [0.4, 0.5) is 0 Å². The van der Waals surface area contributed by atoms with Gasteiger partial charge in [0.25, 0.3) is 0 Å². The Morgan fingerprint density at radius 2 is 1.89 bits per heavy atom. The van der Waals surface area contributed by atoms with Gasteiger partial charge in [0, 0.05) is 10.0 Å². The van der Waals surface area contributed by atoms with Crippen LogP contribution in [0, 0.1) is 0 Å². The molecular formula is C14H11Br2NOS. The van der Waals surface area contributed by atoms with Crippen LogP contribution in [0.3, 0.4) is 0 Å². The third-order valence-electron chi connectivity index (χ3n) is 2.56. The summed E-state index contributed by atoms with van der Waals surface area (Å²) in [5.41, 5.74) is 7.52. The molecule has 0 saturated carbocycles. The fourth-order valence-corrected chi connectivity index (χ4v) is 2.99. The van der Waals surface area contributed by atoms with Crippen LogP contribution in [0.5, 0.6) is 5.75 Å². The number of hydrogen-bond acceptors (Lipinski definition) is 2. The topological polar surface area (TPSA) is 35.2 Å². The molecule has 0 fully saturated rings. The SMILES string of the molecule is NC(=S)c1ccccc1COc1ccc(Br)cc1Br. The van der Waals surface area contributed by atoms with E-state index in [1.54, 1.807) is 0 Å². The zero-order valence-electron chi connectivity index (χ0n) is 9.90. The van der Waals surface area contributed by atoms with E-state index in [1.807, 2.05) is 42.5 Å².